The van der Waals surface area contributed by atoms with Crippen LogP contribution in [0.3, 0.4) is 0 Å². The highest BCUT2D eigenvalue weighted by Gasteiger charge is 2.18. The fraction of sp³-hybridized carbons (Fsp3) is 0.857. The molecule has 0 aliphatic carbocycles. The molecule has 0 amide bonds. The molecule has 2 heterocycles. The van der Waals surface area contributed by atoms with Crippen molar-refractivity contribution >= 4 is 0 Å². The van der Waals surface area contributed by atoms with E-state index in [1.54, 1.807) is 0 Å². The molecule has 104 valence electrons. The van der Waals surface area contributed by atoms with Gasteiger partial charge in [-0.05, 0) is 12.6 Å². The van der Waals surface area contributed by atoms with Crippen molar-refractivity contribution in [2.24, 2.45) is 0 Å². The van der Waals surface area contributed by atoms with E-state index >= 15 is 0 Å². The maximum Gasteiger partial charge on any atom is 0.0642 e. The highest BCUT2D eigenvalue weighted by Crippen LogP contribution is 2.12. The first-order chi connectivity index (χ1) is 8.90. The van der Waals surface area contributed by atoms with Crippen LogP contribution in [0.25, 0.3) is 0 Å². The van der Waals surface area contributed by atoms with Crippen LogP contribution in [-0.2, 0) is 9.47 Å². The second kappa shape index (κ2) is 7.77. The van der Waals surface area contributed by atoms with Crippen LogP contribution in [0.1, 0.15) is 19.8 Å². The van der Waals surface area contributed by atoms with Gasteiger partial charge in [0.2, 0.25) is 0 Å². The summed E-state index contributed by atoms with van der Waals surface area (Å²) in [6.45, 7) is 9.93. The number of nitrogens with zero attached hydrogens (tertiary/aromatic N) is 2. The lowest BCUT2D eigenvalue weighted by Gasteiger charge is -2.33. The van der Waals surface area contributed by atoms with Crippen LogP contribution in [0.4, 0.5) is 0 Å². The van der Waals surface area contributed by atoms with Gasteiger partial charge in [0, 0.05) is 32.2 Å². The van der Waals surface area contributed by atoms with Crippen LogP contribution in [0.2, 0.25) is 0 Å². The third-order valence-electron chi connectivity index (χ3n) is 3.66. The van der Waals surface area contributed by atoms with Crippen molar-refractivity contribution < 1.29 is 9.47 Å². The summed E-state index contributed by atoms with van der Waals surface area (Å²) in [5.74, 6) is 0. The van der Waals surface area contributed by atoms with Crippen molar-refractivity contribution in [1.82, 2.24) is 9.80 Å². The summed E-state index contributed by atoms with van der Waals surface area (Å²) in [7, 11) is 0. The van der Waals surface area contributed by atoms with Crippen molar-refractivity contribution in [3.63, 3.8) is 0 Å². The average molecular weight is 254 g/mol. The van der Waals surface area contributed by atoms with Crippen LogP contribution >= 0.6 is 0 Å². The van der Waals surface area contributed by atoms with E-state index in [0.717, 1.165) is 52.6 Å². The number of hydrogen-bond donors (Lipinski definition) is 0. The molecule has 0 N–H and O–H groups in total. The summed E-state index contributed by atoms with van der Waals surface area (Å²) in [5, 5.41) is 0. The van der Waals surface area contributed by atoms with Crippen LogP contribution in [0, 0.1) is 0 Å². The maximum atomic E-state index is 5.43. The first-order valence-electron chi connectivity index (χ1n) is 7.22. The van der Waals surface area contributed by atoms with Crippen LogP contribution in [0.15, 0.2) is 12.3 Å². The minimum absolute atomic E-state index is 0.571. The van der Waals surface area contributed by atoms with Crippen LogP contribution in [0.5, 0.6) is 0 Å². The predicted octanol–water partition coefficient (Wildman–Crippen LogP) is 1.33. The standard InChI is InChI=1S/C14H26N2O2/c1-2-3-14(16-8-12-18-13-9-16)4-5-15-6-10-17-11-7-15/h4-5,14H,2-3,6-13H2,1H3/b5-4+. The first kappa shape index (κ1) is 13.8. The van der Waals surface area contributed by atoms with Crippen molar-refractivity contribution in [2.75, 3.05) is 52.6 Å². The highest BCUT2D eigenvalue weighted by atomic mass is 16.5. The quantitative estimate of drug-likeness (QED) is 0.739. The van der Waals surface area contributed by atoms with Gasteiger partial charge in [-0.2, -0.15) is 0 Å². The van der Waals surface area contributed by atoms with Crippen LogP contribution < -0.4 is 0 Å². The Labute approximate surface area is 111 Å². The van der Waals surface area contributed by atoms with Gasteiger partial charge < -0.3 is 14.4 Å². The largest absolute Gasteiger partial charge is 0.379 e. The van der Waals surface area contributed by atoms with E-state index in [0.29, 0.717) is 6.04 Å². The van der Waals surface area contributed by atoms with Gasteiger partial charge >= 0.3 is 0 Å². The molecular formula is C14H26N2O2. The molecule has 0 aromatic rings. The maximum absolute atomic E-state index is 5.43. The van der Waals surface area contributed by atoms with Gasteiger partial charge in [0.1, 0.15) is 0 Å². The average Bonchev–Trinajstić information content (AvgIpc) is 2.45. The lowest BCUT2D eigenvalue weighted by molar-refractivity contribution is 0.0233. The van der Waals surface area contributed by atoms with E-state index in [4.69, 9.17) is 9.47 Å². The van der Waals surface area contributed by atoms with Gasteiger partial charge in [-0.1, -0.05) is 19.4 Å². The molecule has 18 heavy (non-hydrogen) atoms. The summed E-state index contributed by atoms with van der Waals surface area (Å²) < 4.78 is 10.8. The zero-order valence-corrected chi connectivity index (χ0v) is 11.5. The number of morpholine rings is 2. The molecule has 1 atom stereocenters. The van der Waals surface area contributed by atoms with E-state index in [1.165, 1.54) is 12.8 Å². The molecule has 4 nitrogen and oxygen atoms in total. The molecule has 1 unspecified atom stereocenters. The molecule has 0 aromatic carbocycles. The van der Waals surface area contributed by atoms with E-state index < -0.39 is 0 Å². The van der Waals surface area contributed by atoms with Gasteiger partial charge in [0.15, 0.2) is 0 Å². The number of ether oxygens (including phenoxy) is 2. The monoisotopic (exact) mass is 254 g/mol. The third-order valence-corrected chi connectivity index (χ3v) is 3.66. The molecule has 0 aromatic heterocycles. The zero-order chi connectivity index (χ0) is 12.6. The zero-order valence-electron chi connectivity index (χ0n) is 11.5. The Bertz CT molecular complexity index is 246. The fourth-order valence-electron chi connectivity index (χ4n) is 2.55. The molecule has 2 rings (SSSR count). The molecule has 4 heteroatoms. The summed E-state index contributed by atoms with van der Waals surface area (Å²) in [6.07, 6.45) is 7.12. The van der Waals surface area contributed by atoms with E-state index in [-0.39, 0.29) is 0 Å². The molecule has 0 bridgehead atoms. The predicted molar refractivity (Wildman–Crippen MR) is 72.6 cm³/mol. The smallest absolute Gasteiger partial charge is 0.0642 e. The van der Waals surface area contributed by atoms with E-state index in [9.17, 15) is 0 Å². The molecule has 2 fully saturated rings. The number of rotatable bonds is 5. The molecule has 0 saturated carbocycles. The van der Waals surface area contributed by atoms with Crippen molar-refractivity contribution in [3.05, 3.63) is 12.3 Å². The topological polar surface area (TPSA) is 24.9 Å². The SMILES string of the molecule is CCCC(/C=C/N1CCOCC1)N1CCOCC1. The lowest BCUT2D eigenvalue weighted by Crippen LogP contribution is -2.43. The Kier molecular flexibility index (Phi) is 5.97. The first-order valence-corrected chi connectivity index (χ1v) is 7.22. The van der Waals surface area contributed by atoms with Gasteiger partial charge in [0.05, 0.1) is 26.4 Å². The second-order valence-electron chi connectivity index (χ2n) is 4.99. The Hall–Kier alpha value is -0.580. The van der Waals surface area contributed by atoms with E-state index in [2.05, 4.69) is 29.0 Å². The van der Waals surface area contributed by atoms with Crippen molar-refractivity contribution in [2.45, 2.75) is 25.8 Å². The van der Waals surface area contributed by atoms with Gasteiger partial charge in [0.25, 0.3) is 0 Å². The van der Waals surface area contributed by atoms with Gasteiger partial charge in [-0.3, -0.25) is 4.90 Å². The van der Waals surface area contributed by atoms with Crippen molar-refractivity contribution in [3.8, 4) is 0 Å². The summed E-state index contributed by atoms with van der Waals surface area (Å²) in [6, 6.07) is 0.571. The molecule has 0 spiro atoms. The van der Waals surface area contributed by atoms with Gasteiger partial charge in [-0.25, -0.2) is 0 Å². The minimum atomic E-state index is 0.571. The molecule has 0 radical (unpaired) electrons. The van der Waals surface area contributed by atoms with E-state index in [1.807, 2.05) is 0 Å². The summed E-state index contributed by atoms with van der Waals surface area (Å²) in [4.78, 5) is 4.91. The summed E-state index contributed by atoms with van der Waals surface area (Å²) in [5.41, 5.74) is 0. The van der Waals surface area contributed by atoms with Gasteiger partial charge in [-0.15, -0.1) is 0 Å². The Morgan fingerprint density at radius 2 is 1.61 bits per heavy atom. The Balaban J connectivity index is 1.85. The van der Waals surface area contributed by atoms with Crippen LogP contribution in [-0.4, -0.2) is 68.4 Å². The minimum Gasteiger partial charge on any atom is -0.379 e. The summed E-state index contributed by atoms with van der Waals surface area (Å²) >= 11 is 0. The Morgan fingerprint density at radius 1 is 1.00 bits per heavy atom. The fourth-order valence-corrected chi connectivity index (χ4v) is 2.55. The Morgan fingerprint density at radius 3 is 2.22 bits per heavy atom. The van der Waals surface area contributed by atoms with Crippen molar-refractivity contribution in [1.29, 1.82) is 0 Å². The molecule has 2 saturated heterocycles. The highest BCUT2D eigenvalue weighted by molar-refractivity contribution is 4.95. The molecular weight excluding hydrogens is 228 g/mol. The lowest BCUT2D eigenvalue weighted by atomic mass is 10.1. The number of hydrogen-bond acceptors (Lipinski definition) is 4. The second-order valence-corrected chi connectivity index (χ2v) is 4.99. The molecule has 2 aliphatic heterocycles. The normalized spacial score (nSPS) is 24.6. The molecule has 2 aliphatic rings. The third kappa shape index (κ3) is 4.26.